The standard InChI is InChI=1S/C16H16F2N2O3/c1-9(20-8-21)12-5-13(17)14(22)6-15(12)23-7-11-3-4-19-10(2)16(11)18/h3-6,8-9,22H,7H2,1-2H3,(H,20,21). The minimum Gasteiger partial charge on any atom is -0.505 e. The molecule has 0 saturated heterocycles. The van der Waals surface area contributed by atoms with Gasteiger partial charge in [0.25, 0.3) is 0 Å². The number of aromatic hydroxyl groups is 1. The minimum absolute atomic E-state index is 0.124. The molecule has 0 saturated carbocycles. The van der Waals surface area contributed by atoms with Crippen LogP contribution in [-0.2, 0) is 11.4 Å². The number of hydrogen-bond donors (Lipinski definition) is 2. The van der Waals surface area contributed by atoms with Crippen molar-refractivity contribution in [3.63, 3.8) is 0 Å². The van der Waals surface area contributed by atoms with E-state index >= 15 is 0 Å². The van der Waals surface area contributed by atoms with E-state index in [1.54, 1.807) is 6.92 Å². The van der Waals surface area contributed by atoms with Crippen LogP contribution in [0.3, 0.4) is 0 Å². The molecule has 1 unspecified atom stereocenters. The van der Waals surface area contributed by atoms with Crippen molar-refractivity contribution in [3.05, 3.63) is 52.9 Å². The van der Waals surface area contributed by atoms with Crippen LogP contribution in [0.2, 0.25) is 0 Å². The van der Waals surface area contributed by atoms with Gasteiger partial charge in [-0.05, 0) is 26.0 Å². The first kappa shape index (κ1) is 16.7. The van der Waals surface area contributed by atoms with Crippen LogP contribution in [0.5, 0.6) is 11.5 Å². The normalized spacial score (nSPS) is 11.8. The zero-order valence-electron chi connectivity index (χ0n) is 12.6. The summed E-state index contributed by atoms with van der Waals surface area (Å²) in [6, 6.07) is 3.10. The number of rotatable bonds is 6. The van der Waals surface area contributed by atoms with Crippen LogP contribution in [0.15, 0.2) is 24.4 Å². The lowest BCUT2D eigenvalue weighted by atomic mass is 10.1. The maximum Gasteiger partial charge on any atom is 0.207 e. The molecule has 0 aliphatic rings. The van der Waals surface area contributed by atoms with Crippen LogP contribution in [-0.4, -0.2) is 16.5 Å². The van der Waals surface area contributed by atoms with Crippen molar-refractivity contribution in [2.45, 2.75) is 26.5 Å². The second kappa shape index (κ2) is 7.04. The molecule has 122 valence electrons. The maximum absolute atomic E-state index is 13.9. The second-order valence-corrected chi connectivity index (χ2v) is 5.01. The Balaban J connectivity index is 2.29. The molecule has 0 radical (unpaired) electrons. The molecule has 1 aromatic heterocycles. The number of nitrogens with one attached hydrogen (secondary N) is 1. The number of phenolic OH excluding ortho intramolecular Hbond substituents is 1. The number of phenols is 1. The maximum atomic E-state index is 13.9. The highest BCUT2D eigenvalue weighted by Crippen LogP contribution is 2.32. The van der Waals surface area contributed by atoms with Gasteiger partial charge in [0.15, 0.2) is 17.4 Å². The Labute approximate surface area is 131 Å². The predicted molar refractivity (Wildman–Crippen MR) is 78.9 cm³/mol. The lowest BCUT2D eigenvalue weighted by Crippen LogP contribution is -2.17. The van der Waals surface area contributed by atoms with Crippen molar-refractivity contribution in [1.29, 1.82) is 0 Å². The highest BCUT2D eigenvalue weighted by molar-refractivity contribution is 5.50. The number of benzene rings is 1. The van der Waals surface area contributed by atoms with E-state index in [1.807, 2.05) is 0 Å². The molecule has 5 nitrogen and oxygen atoms in total. The van der Waals surface area contributed by atoms with E-state index in [4.69, 9.17) is 4.74 Å². The number of aromatic nitrogens is 1. The van der Waals surface area contributed by atoms with E-state index in [1.165, 1.54) is 19.2 Å². The Hall–Kier alpha value is -2.70. The lowest BCUT2D eigenvalue weighted by Gasteiger charge is -2.17. The van der Waals surface area contributed by atoms with Crippen LogP contribution in [0.25, 0.3) is 0 Å². The molecular formula is C16H16F2N2O3. The Morgan fingerprint density at radius 2 is 2.17 bits per heavy atom. The SMILES string of the molecule is Cc1nccc(COc2cc(O)c(F)cc2C(C)NC=O)c1F. The van der Waals surface area contributed by atoms with Gasteiger partial charge >= 0.3 is 0 Å². The number of amides is 1. The van der Waals surface area contributed by atoms with Gasteiger partial charge in [-0.1, -0.05) is 0 Å². The topological polar surface area (TPSA) is 71.5 Å². The molecule has 0 bridgehead atoms. The van der Waals surface area contributed by atoms with E-state index < -0.39 is 23.4 Å². The third-order valence-corrected chi connectivity index (χ3v) is 3.39. The zero-order valence-corrected chi connectivity index (χ0v) is 12.6. The third-order valence-electron chi connectivity index (χ3n) is 3.39. The molecule has 7 heteroatoms. The van der Waals surface area contributed by atoms with Gasteiger partial charge in [-0.15, -0.1) is 0 Å². The van der Waals surface area contributed by atoms with E-state index in [0.717, 1.165) is 12.1 Å². The van der Waals surface area contributed by atoms with Crippen molar-refractivity contribution in [2.75, 3.05) is 0 Å². The van der Waals surface area contributed by atoms with Gasteiger partial charge in [0.2, 0.25) is 6.41 Å². The van der Waals surface area contributed by atoms with Crippen LogP contribution in [0, 0.1) is 18.6 Å². The van der Waals surface area contributed by atoms with Gasteiger partial charge < -0.3 is 15.2 Å². The smallest absolute Gasteiger partial charge is 0.207 e. The van der Waals surface area contributed by atoms with Gasteiger partial charge in [0.05, 0.1) is 11.7 Å². The first-order chi connectivity index (χ1) is 10.9. The van der Waals surface area contributed by atoms with Crippen LogP contribution < -0.4 is 10.1 Å². The fraction of sp³-hybridized carbons (Fsp3) is 0.250. The number of ether oxygens (including phenoxy) is 1. The molecule has 2 rings (SSSR count). The average molecular weight is 322 g/mol. The van der Waals surface area contributed by atoms with Gasteiger partial charge in [-0.25, -0.2) is 8.78 Å². The molecular weight excluding hydrogens is 306 g/mol. The highest BCUT2D eigenvalue weighted by Gasteiger charge is 2.16. The number of hydrogen-bond acceptors (Lipinski definition) is 4. The molecule has 1 atom stereocenters. The molecule has 1 aromatic carbocycles. The predicted octanol–water partition coefficient (Wildman–Crippen LogP) is 2.76. The molecule has 0 spiro atoms. The monoisotopic (exact) mass is 322 g/mol. The summed E-state index contributed by atoms with van der Waals surface area (Å²) in [4.78, 5) is 14.4. The molecule has 0 aliphatic heterocycles. The second-order valence-electron chi connectivity index (χ2n) is 5.01. The van der Waals surface area contributed by atoms with Crippen LogP contribution in [0.1, 0.15) is 29.8 Å². The summed E-state index contributed by atoms with van der Waals surface area (Å²) in [6.07, 6.45) is 1.93. The van der Waals surface area contributed by atoms with E-state index in [9.17, 15) is 18.7 Å². The van der Waals surface area contributed by atoms with E-state index in [-0.39, 0.29) is 23.6 Å². The summed E-state index contributed by atoms with van der Waals surface area (Å²) in [5.41, 5.74) is 0.853. The third kappa shape index (κ3) is 3.74. The summed E-state index contributed by atoms with van der Waals surface area (Å²) < 4.78 is 33.0. The summed E-state index contributed by atoms with van der Waals surface area (Å²) >= 11 is 0. The Morgan fingerprint density at radius 1 is 1.43 bits per heavy atom. The van der Waals surface area contributed by atoms with Crippen molar-refractivity contribution in [3.8, 4) is 11.5 Å². The fourth-order valence-electron chi connectivity index (χ4n) is 2.08. The number of nitrogens with zero attached hydrogens (tertiary/aromatic N) is 1. The number of halogens is 2. The molecule has 23 heavy (non-hydrogen) atoms. The first-order valence-electron chi connectivity index (χ1n) is 6.89. The van der Waals surface area contributed by atoms with Gasteiger partial charge in [-0.3, -0.25) is 9.78 Å². The Morgan fingerprint density at radius 3 is 2.87 bits per heavy atom. The van der Waals surface area contributed by atoms with Crippen molar-refractivity contribution in [2.24, 2.45) is 0 Å². The number of carbonyl (C=O) groups excluding carboxylic acids is 1. The summed E-state index contributed by atoms with van der Waals surface area (Å²) in [5, 5.41) is 12.0. The Kier molecular flexibility index (Phi) is 5.10. The van der Waals surface area contributed by atoms with Gasteiger partial charge in [-0.2, -0.15) is 0 Å². The van der Waals surface area contributed by atoms with Crippen molar-refractivity contribution < 1.29 is 23.4 Å². The van der Waals surface area contributed by atoms with E-state index in [0.29, 0.717) is 12.0 Å². The summed E-state index contributed by atoms with van der Waals surface area (Å²) in [7, 11) is 0. The molecule has 1 amide bonds. The first-order valence-corrected chi connectivity index (χ1v) is 6.89. The number of carbonyl (C=O) groups is 1. The van der Waals surface area contributed by atoms with Crippen molar-refractivity contribution in [1.82, 2.24) is 10.3 Å². The van der Waals surface area contributed by atoms with Crippen LogP contribution in [0.4, 0.5) is 8.78 Å². The van der Waals surface area contributed by atoms with Gasteiger partial charge in [0, 0.05) is 23.4 Å². The average Bonchev–Trinajstić information content (AvgIpc) is 2.52. The van der Waals surface area contributed by atoms with Gasteiger partial charge in [0.1, 0.15) is 12.4 Å². The fourth-order valence-corrected chi connectivity index (χ4v) is 2.08. The molecule has 0 aliphatic carbocycles. The quantitative estimate of drug-likeness (QED) is 0.802. The Bertz CT molecular complexity index is 723. The molecule has 0 fully saturated rings. The largest absolute Gasteiger partial charge is 0.505 e. The minimum atomic E-state index is -0.835. The summed E-state index contributed by atoms with van der Waals surface area (Å²) in [6.45, 7) is 3.04. The highest BCUT2D eigenvalue weighted by atomic mass is 19.1. The van der Waals surface area contributed by atoms with E-state index in [2.05, 4.69) is 10.3 Å². The lowest BCUT2D eigenvalue weighted by molar-refractivity contribution is -0.110. The zero-order chi connectivity index (χ0) is 17.0. The summed E-state index contributed by atoms with van der Waals surface area (Å²) in [5.74, 6) is -1.76. The molecule has 2 aromatic rings. The number of pyridine rings is 1. The van der Waals surface area contributed by atoms with Crippen LogP contribution >= 0.6 is 0 Å². The molecule has 2 N–H and O–H groups in total. The molecule has 1 heterocycles. The van der Waals surface area contributed by atoms with Crippen molar-refractivity contribution >= 4 is 6.41 Å². The number of aryl methyl sites for hydroxylation is 1.